The molecule has 2 saturated heterocycles. The van der Waals surface area contributed by atoms with Crippen molar-refractivity contribution >= 4 is 21.8 Å². The number of piperidine rings is 1. The van der Waals surface area contributed by atoms with Crippen LogP contribution in [-0.4, -0.2) is 78.9 Å². The van der Waals surface area contributed by atoms with E-state index < -0.39 is 10.0 Å². The van der Waals surface area contributed by atoms with Gasteiger partial charge in [-0.2, -0.15) is 4.31 Å². The second-order valence-corrected chi connectivity index (χ2v) is 9.42. The molecular formula is C17H29N3O4S. The van der Waals surface area contributed by atoms with Gasteiger partial charge in [0.15, 0.2) is 0 Å². The summed E-state index contributed by atoms with van der Waals surface area (Å²) < 4.78 is 26.7. The molecule has 1 saturated carbocycles. The van der Waals surface area contributed by atoms with Crippen LogP contribution in [0.25, 0.3) is 0 Å². The Hall–Kier alpha value is -0.990. The molecule has 0 atom stereocenters. The molecule has 0 aromatic heterocycles. The van der Waals surface area contributed by atoms with Crippen molar-refractivity contribution in [1.29, 1.82) is 0 Å². The molecule has 8 heteroatoms. The predicted molar refractivity (Wildman–Crippen MR) is 94.4 cm³/mol. The lowest BCUT2D eigenvalue weighted by molar-refractivity contribution is -0.147. The van der Waals surface area contributed by atoms with Crippen LogP contribution < -0.4 is 0 Å². The zero-order chi connectivity index (χ0) is 17.9. The highest BCUT2D eigenvalue weighted by Gasteiger charge is 2.32. The van der Waals surface area contributed by atoms with Gasteiger partial charge in [-0.3, -0.25) is 19.4 Å². The minimum Gasteiger partial charge on any atom is -0.298 e. The SMILES string of the molecule is O=C1CCCC(=O)N1CCS(=O)(=O)N1CCN(C2CCCCC2)CC1. The standard InChI is InChI=1S/C17H29N3O4S/c21-16-7-4-8-17(22)20(16)13-14-25(23,24)19-11-9-18(10-12-19)15-5-2-1-3-6-15/h15H,1-14H2. The minimum atomic E-state index is -3.42. The number of amides is 2. The highest BCUT2D eigenvalue weighted by atomic mass is 32.2. The number of likely N-dealkylation sites (tertiary alicyclic amines) is 1. The molecular weight excluding hydrogens is 342 g/mol. The number of sulfonamides is 1. The molecule has 3 aliphatic rings. The zero-order valence-electron chi connectivity index (χ0n) is 14.9. The van der Waals surface area contributed by atoms with E-state index in [1.165, 1.54) is 36.4 Å². The van der Waals surface area contributed by atoms with Crippen LogP contribution in [0.1, 0.15) is 51.4 Å². The van der Waals surface area contributed by atoms with Gasteiger partial charge in [0.1, 0.15) is 0 Å². The Balaban J connectivity index is 1.49. The summed E-state index contributed by atoms with van der Waals surface area (Å²) in [5.74, 6) is -0.643. The van der Waals surface area contributed by atoms with Crippen molar-refractivity contribution in [2.45, 2.75) is 57.4 Å². The topological polar surface area (TPSA) is 78.0 Å². The van der Waals surface area contributed by atoms with Gasteiger partial charge >= 0.3 is 0 Å². The fourth-order valence-corrected chi connectivity index (χ4v) is 5.57. The van der Waals surface area contributed by atoms with Crippen LogP contribution in [0.2, 0.25) is 0 Å². The van der Waals surface area contributed by atoms with E-state index in [4.69, 9.17) is 0 Å². The Kier molecular flexibility index (Phi) is 6.12. The summed E-state index contributed by atoms with van der Waals surface area (Å²) in [6.07, 6.45) is 7.58. The number of rotatable bonds is 5. The van der Waals surface area contributed by atoms with Crippen molar-refractivity contribution < 1.29 is 18.0 Å². The first-order chi connectivity index (χ1) is 12.0. The third-order valence-corrected chi connectivity index (χ3v) is 7.56. The average molecular weight is 372 g/mol. The molecule has 142 valence electrons. The van der Waals surface area contributed by atoms with Gasteiger partial charge in [0.05, 0.1) is 5.75 Å². The molecule has 2 amide bonds. The molecule has 0 unspecified atom stereocenters. The quantitative estimate of drug-likeness (QED) is 0.668. The Morgan fingerprint density at radius 2 is 1.44 bits per heavy atom. The van der Waals surface area contributed by atoms with E-state index >= 15 is 0 Å². The molecule has 0 N–H and O–H groups in total. The molecule has 2 aliphatic heterocycles. The Morgan fingerprint density at radius 3 is 2.04 bits per heavy atom. The maximum absolute atomic E-state index is 12.6. The van der Waals surface area contributed by atoms with E-state index in [2.05, 4.69) is 4.90 Å². The summed E-state index contributed by atoms with van der Waals surface area (Å²) in [6.45, 7) is 2.58. The van der Waals surface area contributed by atoms with Crippen LogP contribution >= 0.6 is 0 Å². The Bertz CT molecular complexity index is 577. The third-order valence-electron chi connectivity index (χ3n) is 5.71. The van der Waals surface area contributed by atoms with Crippen molar-refractivity contribution in [3.63, 3.8) is 0 Å². The van der Waals surface area contributed by atoms with Crippen LogP contribution in [0.4, 0.5) is 0 Å². The molecule has 0 aromatic rings. The number of carbonyl (C=O) groups is 2. The van der Waals surface area contributed by atoms with E-state index in [1.54, 1.807) is 0 Å². The molecule has 0 spiro atoms. The summed E-state index contributed by atoms with van der Waals surface area (Å²) in [6, 6.07) is 0.613. The minimum absolute atomic E-state index is 0.0111. The van der Waals surface area contributed by atoms with Crippen LogP contribution in [0.5, 0.6) is 0 Å². The highest BCUT2D eigenvalue weighted by Crippen LogP contribution is 2.24. The average Bonchev–Trinajstić information content (AvgIpc) is 2.62. The molecule has 3 fully saturated rings. The van der Waals surface area contributed by atoms with E-state index in [9.17, 15) is 18.0 Å². The number of hydrogen-bond acceptors (Lipinski definition) is 5. The first-order valence-electron chi connectivity index (χ1n) is 9.52. The van der Waals surface area contributed by atoms with E-state index in [0.717, 1.165) is 18.0 Å². The van der Waals surface area contributed by atoms with Crippen molar-refractivity contribution in [2.24, 2.45) is 0 Å². The van der Waals surface area contributed by atoms with Gasteiger partial charge in [0, 0.05) is 51.6 Å². The third kappa shape index (κ3) is 4.60. The van der Waals surface area contributed by atoms with Crippen LogP contribution in [0.3, 0.4) is 0 Å². The maximum Gasteiger partial charge on any atom is 0.229 e. The summed E-state index contributed by atoms with van der Waals surface area (Å²) in [7, 11) is -3.42. The Labute approximate surface area is 150 Å². The van der Waals surface area contributed by atoms with Crippen molar-refractivity contribution in [3.05, 3.63) is 0 Å². The lowest BCUT2D eigenvalue weighted by Gasteiger charge is -2.40. The van der Waals surface area contributed by atoms with Gasteiger partial charge in [0.2, 0.25) is 21.8 Å². The van der Waals surface area contributed by atoms with E-state index in [-0.39, 0.29) is 24.1 Å². The van der Waals surface area contributed by atoms with Crippen molar-refractivity contribution in [3.8, 4) is 0 Å². The van der Waals surface area contributed by atoms with Gasteiger partial charge in [-0.15, -0.1) is 0 Å². The van der Waals surface area contributed by atoms with Crippen LogP contribution in [-0.2, 0) is 19.6 Å². The molecule has 0 bridgehead atoms. The molecule has 7 nitrogen and oxygen atoms in total. The summed E-state index contributed by atoms with van der Waals surface area (Å²) in [5.41, 5.74) is 0. The monoisotopic (exact) mass is 371 g/mol. The molecule has 2 heterocycles. The molecule has 0 aromatic carbocycles. The van der Waals surface area contributed by atoms with E-state index in [1.807, 2.05) is 0 Å². The summed E-state index contributed by atoms with van der Waals surface area (Å²) in [5, 5.41) is 0. The maximum atomic E-state index is 12.6. The second kappa shape index (κ2) is 8.14. The lowest BCUT2D eigenvalue weighted by atomic mass is 9.94. The predicted octanol–water partition coefficient (Wildman–Crippen LogP) is 0.806. The van der Waals surface area contributed by atoms with Crippen molar-refractivity contribution in [1.82, 2.24) is 14.1 Å². The molecule has 1 aliphatic carbocycles. The summed E-state index contributed by atoms with van der Waals surface area (Å²) >= 11 is 0. The number of imide groups is 1. The van der Waals surface area contributed by atoms with E-state index in [0.29, 0.717) is 38.4 Å². The lowest BCUT2D eigenvalue weighted by Crippen LogP contribution is -2.53. The first-order valence-corrected chi connectivity index (χ1v) is 11.1. The normalized spacial score (nSPS) is 25.5. The summed E-state index contributed by atoms with van der Waals surface area (Å²) in [4.78, 5) is 27.2. The van der Waals surface area contributed by atoms with Gasteiger partial charge < -0.3 is 0 Å². The molecule has 3 rings (SSSR count). The smallest absolute Gasteiger partial charge is 0.229 e. The second-order valence-electron chi connectivity index (χ2n) is 7.34. The van der Waals surface area contributed by atoms with Gasteiger partial charge in [0.25, 0.3) is 0 Å². The van der Waals surface area contributed by atoms with Crippen molar-refractivity contribution in [2.75, 3.05) is 38.5 Å². The number of piperazine rings is 1. The van der Waals surface area contributed by atoms with Gasteiger partial charge in [-0.05, 0) is 19.3 Å². The zero-order valence-corrected chi connectivity index (χ0v) is 15.7. The van der Waals surface area contributed by atoms with Crippen LogP contribution in [0, 0.1) is 0 Å². The fraction of sp³-hybridized carbons (Fsp3) is 0.882. The largest absolute Gasteiger partial charge is 0.298 e. The first kappa shape index (κ1) is 18.8. The highest BCUT2D eigenvalue weighted by molar-refractivity contribution is 7.89. The van der Waals surface area contributed by atoms with Gasteiger partial charge in [-0.1, -0.05) is 19.3 Å². The van der Waals surface area contributed by atoms with Crippen LogP contribution in [0.15, 0.2) is 0 Å². The Morgan fingerprint density at radius 1 is 0.840 bits per heavy atom. The van der Waals surface area contributed by atoms with Gasteiger partial charge in [-0.25, -0.2) is 8.42 Å². The number of hydrogen-bond donors (Lipinski definition) is 0. The number of carbonyl (C=O) groups excluding carboxylic acids is 2. The fourth-order valence-electron chi connectivity index (χ4n) is 4.18. The molecule has 25 heavy (non-hydrogen) atoms. The number of nitrogens with zero attached hydrogens (tertiary/aromatic N) is 3. The molecule has 0 radical (unpaired) electrons.